The molecule has 3 aromatic rings. The smallest absolute Gasteiger partial charge is 0.243 e. The lowest BCUT2D eigenvalue weighted by Crippen LogP contribution is -2.43. The minimum Gasteiger partial charge on any atom is -0.339 e. The summed E-state index contributed by atoms with van der Waals surface area (Å²) in [6.07, 6.45) is 1.26. The fourth-order valence-electron chi connectivity index (χ4n) is 4.05. The molecule has 0 aliphatic carbocycles. The second-order valence-corrected chi connectivity index (χ2v) is 10.5. The molecule has 2 heterocycles. The molecule has 1 aliphatic heterocycles. The molecule has 1 fully saturated rings. The largest absolute Gasteiger partial charge is 0.339 e. The summed E-state index contributed by atoms with van der Waals surface area (Å²) in [7, 11) is -3.80. The van der Waals surface area contributed by atoms with Crippen molar-refractivity contribution >= 4 is 21.6 Å². The van der Waals surface area contributed by atoms with Gasteiger partial charge in [0.1, 0.15) is 0 Å². The highest BCUT2D eigenvalue weighted by molar-refractivity contribution is 7.89. The van der Waals surface area contributed by atoms with Crippen molar-refractivity contribution in [3.05, 3.63) is 59.0 Å². The number of hydrogen-bond donors (Lipinski definition) is 1. The number of nitrogens with one attached hydrogen (secondary N) is 1. The van der Waals surface area contributed by atoms with Gasteiger partial charge in [0.2, 0.25) is 27.6 Å². The maximum Gasteiger partial charge on any atom is 0.243 e. The van der Waals surface area contributed by atoms with Gasteiger partial charge in [-0.3, -0.25) is 4.79 Å². The van der Waals surface area contributed by atoms with E-state index in [1.807, 2.05) is 32.0 Å². The number of aryl methyl sites for hydroxylation is 4. The van der Waals surface area contributed by atoms with Gasteiger partial charge in [-0.1, -0.05) is 29.4 Å². The molecule has 1 N–H and O–H groups in total. The molecule has 0 bridgehead atoms. The van der Waals surface area contributed by atoms with Crippen LogP contribution in [-0.2, 0) is 14.8 Å². The highest BCUT2D eigenvalue weighted by atomic mass is 32.2. The molecule has 1 aromatic heterocycles. The van der Waals surface area contributed by atoms with Gasteiger partial charge < -0.3 is 9.84 Å². The third-order valence-electron chi connectivity index (χ3n) is 6.00. The van der Waals surface area contributed by atoms with Crippen molar-refractivity contribution in [3.8, 4) is 11.4 Å². The van der Waals surface area contributed by atoms with Crippen LogP contribution in [0.25, 0.3) is 11.4 Å². The highest BCUT2D eigenvalue weighted by Gasteiger charge is 2.34. The molecule has 1 amide bonds. The summed E-state index contributed by atoms with van der Waals surface area (Å²) in [4.78, 5) is 17.4. The standard InChI is InChI=1S/C24H28N4O4S/c1-15-7-8-16(2)21(12-15)26-24(29)20-6-5-11-28(14-20)33(30,31)22-13-19(10-9-17(22)3)23-25-18(4)32-27-23/h7-10,12-13,20H,5-6,11,14H2,1-4H3,(H,26,29). The number of nitrogens with zero attached hydrogens (tertiary/aromatic N) is 3. The van der Waals surface area contributed by atoms with Gasteiger partial charge in [0, 0.05) is 31.3 Å². The predicted octanol–water partition coefficient (Wildman–Crippen LogP) is 4.01. The molecule has 1 atom stereocenters. The van der Waals surface area contributed by atoms with E-state index in [-0.39, 0.29) is 17.3 Å². The second kappa shape index (κ2) is 9.07. The van der Waals surface area contributed by atoms with E-state index in [0.717, 1.165) is 16.8 Å². The molecule has 33 heavy (non-hydrogen) atoms. The Morgan fingerprint density at radius 1 is 1.09 bits per heavy atom. The SMILES string of the molecule is Cc1ccc(C)c(NC(=O)C2CCCN(S(=O)(=O)c3cc(-c4noc(C)n4)ccc3C)C2)c1. The first-order chi connectivity index (χ1) is 15.6. The minimum atomic E-state index is -3.80. The second-order valence-electron chi connectivity index (χ2n) is 8.63. The summed E-state index contributed by atoms with van der Waals surface area (Å²) < 4.78 is 33.5. The molecule has 1 unspecified atom stereocenters. The summed E-state index contributed by atoms with van der Waals surface area (Å²) >= 11 is 0. The van der Waals surface area contributed by atoms with Crippen LogP contribution in [0.2, 0.25) is 0 Å². The zero-order valence-corrected chi connectivity index (χ0v) is 20.1. The molecule has 4 rings (SSSR count). The van der Waals surface area contributed by atoms with Crippen LogP contribution in [0.15, 0.2) is 45.8 Å². The molecule has 1 saturated heterocycles. The van der Waals surface area contributed by atoms with Gasteiger partial charge in [-0.2, -0.15) is 9.29 Å². The van der Waals surface area contributed by atoms with E-state index in [1.165, 1.54) is 4.31 Å². The first kappa shape index (κ1) is 23.1. The zero-order valence-electron chi connectivity index (χ0n) is 19.3. The maximum absolute atomic E-state index is 13.6. The van der Waals surface area contributed by atoms with E-state index < -0.39 is 15.9 Å². The van der Waals surface area contributed by atoms with Gasteiger partial charge in [-0.15, -0.1) is 0 Å². The lowest BCUT2D eigenvalue weighted by molar-refractivity contribution is -0.120. The Kier molecular flexibility index (Phi) is 6.36. The Morgan fingerprint density at radius 3 is 2.58 bits per heavy atom. The lowest BCUT2D eigenvalue weighted by atomic mass is 9.98. The van der Waals surface area contributed by atoms with E-state index >= 15 is 0 Å². The van der Waals surface area contributed by atoms with Crippen molar-refractivity contribution in [3.63, 3.8) is 0 Å². The highest BCUT2D eigenvalue weighted by Crippen LogP contribution is 2.29. The van der Waals surface area contributed by atoms with Gasteiger partial charge >= 0.3 is 0 Å². The van der Waals surface area contributed by atoms with E-state index in [2.05, 4.69) is 15.5 Å². The summed E-state index contributed by atoms with van der Waals surface area (Å²) in [5, 5.41) is 6.88. The predicted molar refractivity (Wildman–Crippen MR) is 125 cm³/mol. The fourth-order valence-corrected chi connectivity index (χ4v) is 5.83. The van der Waals surface area contributed by atoms with Crippen molar-refractivity contribution in [2.75, 3.05) is 18.4 Å². The van der Waals surface area contributed by atoms with Crippen LogP contribution in [0, 0.1) is 33.6 Å². The Morgan fingerprint density at radius 2 is 1.85 bits per heavy atom. The number of hydrogen-bond acceptors (Lipinski definition) is 6. The first-order valence-corrected chi connectivity index (χ1v) is 12.4. The Hall–Kier alpha value is -3.04. The van der Waals surface area contributed by atoms with Crippen LogP contribution in [0.3, 0.4) is 0 Å². The number of piperidine rings is 1. The van der Waals surface area contributed by atoms with Gasteiger partial charge in [0.05, 0.1) is 10.8 Å². The third-order valence-corrected chi connectivity index (χ3v) is 8.00. The number of sulfonamides is 1. The average molecular weight is 469 g/mol. The van der Waals surface area contributed by atoms with E-state index in [0.29, 0.717) is 42.2 Å². The maximum atomic E-state index is 13.6. The van der Waals surface area contributed by atoms with Gasteiger partial charge in [-0.05, 0) is 62.4 Å². The number of anilines is 1. The number of benzene rings is 2. The molecule has 8 nitrogen and oxygen atoms in total. The van der Waals surface area contributed by atoms with Crippen molar-refractivity contribution in [1.82, 2.24) is 14.4 Å². The monoisotopic (exact) mass is 468 g/mol. The molecule has 9 heteroatoms. The van der Waals surface area contributed by atoms with Crippen molar-refractivity contribution in [2.45, 2.75) is 45.4 Å². The van der Waals surface area contributed by atoms with Crippen LogP contribution in [-0.4, -0.2) is 41.9 Å². The van der Waals surface area contributed by atoms with Crippen LogP contribution in [0.5, 0.6) is 0 Å². The molecule has 0 spiro atoms. The number of amides is 1. The molecular formula is C24H28N4O4S. The third kappa shape index (κ3) is 4.84. The Balaban J connectivity index is 1.56. The quantitative estimate of drug-likeness (QED) is 0.607. The normalized spacial score (nSPS) is 17.2. The van der Waals surface area contributed by atoms with Gasteiger partial charge in [0.15, 0.2) is 0 Å². The van der Waals surface area contributed by atoms with E-state index in [4.69, 9.17) is 4.52 Å². The van der Waals surface area contributed by atoms with Crippen molar-refractivity contribution in [1.29, 1.82) is 0 Å². The van der Waals surface area contributed by atoms with Gasteiger partial charge in [-0.25, -0.2) is 8.42 Å². The van der Waals surface area contributed by atoms with Gasteiger partial charge in [0.25, 0.3) is 0 Å². The number of aromatic nitrogens is 2. The summed E-state index contributed by atoms with van der Waals surface area (Å²) in [5.41, 5.74) is 3.98. The number of rotatable bonds is 5. The average Bonchev–Trinajstić information content (AvgIpc) is 3.22. The van der Waals surface area contributed by atoms with Crippen molar-refractivity contribution in [2.24, 2.45) is 5.92 Å². The molecular weight excluding hydrogens is 440 g/mol. The first-order valence-electron chi connectivity index (χ1n) is 10.9. The summed E-state index contributed by atoms with van der Waals surface area (Å²) in [6, 6.07) is 11.0. The van der Waals surface area contributed by atoms with Crippen molar-refractivity contribution < 1.29 is 17.7 Å². The molecule has 2 aromatic carbocycles. The topological polar surface area (TPSA) is 105 Å². The van der Waals surface area contributed by atoms with Crippen LogP contribution < -0.4 is 5.32 Å². The van der Waals surface area contributed by atoms with E-state index in [9.17, 15) is 13.2 Å². The number of carbonyl (C=O) groups excluding carboxylic acids is 1. The Bertz CT molecular complexity index is 1300. The summed E-state index contributed by atoms with van der Waals surface area (Å²) in [6.45, 7) is 7.86. The number of carbonyl (C=O) groups is 1. The zero-order chi connectivity index (χ0) is 23.8. The Labute approximate surface area is 194 Å². The summed E-state index contributed by atoms with van der Waals surface area (Å²) in [5.74, 6) is 0.171. The fraction of sp³-hybridized carbons (Fsp3) is 0.375. The van der Waals surface area contributed by atoms with Crippen LogP contribution in [0.4, 0.5) is 5.69 Å². The van der Waals surface area contributed by atoms with Crippen LogP contribution in [0.1, 0.15) is 35.4 Å². The van der Waals surface area contributed by atoms with Crippen LogP contribution >= 0.6 is 0 Å². The molecule has 0 radical (unpaired) electrons. The molecule has 0 saturated carbocycles. The minimum absolute atomic E-state index is 0.143. The molecule has 174 valence electrons. The van der Waals surface area contributed by atoms with E-state index in [1.54, 1.807) is 32.0 Å². The molecule has 1 aliphatic rings. The lowest BCUT2D eigenvalue weighted by Gasteiger charge is -2.31.